The van der Waals surface area contributed by atoms with Gasteiger partial charge in [0.05, 0.1) is 9.24 Å². The van der Waals surface area contributed by atoms with E-state index in [1.165, 1.54) is 28.0 Å². The number of thiophene rings is 1. The molecule has 1 aliphatic rings. The van der Waals surface area contributed by atoms with Crippen molar-refractivity contribution in [1.29, 1.82) is 0 Å². The van der Waals surface area contributed by atoms with E-state index in [2.05, 4.69) is 0 Å². The van der Waals surface area contributed by atoms with Crippen molar-refractivity contribution in [2.24, 2.45) is 0 Å². The first-order valence-corrected chi connectivity index (χ1v) is 8.12. The van der Waals surface area contributed by atoms with E-state index in [0.717, 1.165) is 4.88 Å². The maximum absolute atomic E-state index is 12.2. The molecule has 1 fully saturated rings. The number of aliphatic carboxylic acids is 1. The van der Waals surface area contributed by atoms with Gasteiger partial charge in [-0.1, -0.05) is 35.6 Å². The zero-order chi connectivity index (χ0) is 14.7. The maximum atomic E-state index is 12.2. The zero-order valence-corrected chi connectivity index (χ0v) is 13.4. The van der Waals surface area contributed by atoms with E-state index < -0.39 is 5.97 Å². The van der Waals surface area contributed by atoms with E-state index in [-0.39, 0.29) is 12.3 Å². The van der Waals surface area contributed by atoms with Crippen LogP contribution in [0.3, 0.4) is 0 Å². The van der Waals surface area contributed by atoms with Gasteiger partial charge in [0.25, 0.3) is 5.91 Å². The van der Waals surface area contributed by atoms with Crippen molar-refractivity contribution in [2.75, 3.05) is 6.54 Å². The van der Waals surface area contributed by atoms with Gasteiger partial charge in [0.15, 0.2) is 0 Å². The predicted molar refractivity (Wildman–Crippen MR) is 86.1 cm³/mol. The van der Waals surface area contributed by atoms with Crippen LogP contribution in [0, 0.1) is 0 Å². The molecular formula is C12H10ClNO3S3. The Morgan fingerprint density at radius 2 is 2.25 bits per heavy atom. The summed E-state index contributed by atoms with van der Waals surface area (Å²) in [5.41, 5.74) is 0. The average molecular weight is 348 g/mol. The first-order chi connectivity index (χ1) is 9.47. The molecule has 0 bridgehead atoms. The molecule has 0 unspecified atom stereocenters. The van der Waals surface area contributed by atoms with Crippen LogP contribution in [0.25, 0.3) is 6.08 Å². The van der Waals surface area contributed by atoms with Gasteiger partial charge in [0.2, 0.25) is 0 Å². The number of carboxylic acid groups (broad SMARTS) is 1. The Hall–Kier alpha value is -0.890. The van der Waals surface area contributed by atoms with E-state index in [1.807, 2.05) is 6.07 Å². The number of rotatable bonds is 5. The lowest BCUT2D eigenvalue weighted by atomic mass is 10.3. The highest BCUT2D eigenvalue weighted by molar-refractivity contribution is 8.26. The predicted octanol–water partition coefficient (Wildman–Crippen LogP) is 3.47. The van der Waals surface area contributed by atoms with Crippen LogP contribution in [0.2, 0.25) is 4.34 Å². The first-order valence-electron chi connectivity index (χ1n) is 5.70. The number of thioether (sulfide) groups is 1. The molecule has 1 saturated heterocycles. The number of carboxylic acids is 1. The second-order valence-electron chi connectivity index (χ2n) is 3.97. The fourth-order valence-corrected chi connectivity index (χ4v) is 3.99. The molecule has 0 aromatic carbocycles. The third-order valence-electron chi connectivity index (χ3n) is 2.51. The van der Waals surface area contributed by atoms with Gasteiger partial charge in [-0.15, -0.1) is 11.3 Å². The van der Waals surface area contributed by atoms with Crippen LogP contribution in [0.4, 0.5) is 0 Å². The lowest BCUT2D eigenvalue weighted by Gasteiger charge is -2.13. The summed E-state index contributed by atoms with van der Waals surface area (Å²) in [7, 11) is 0. The summed E-state index contributed by atoms with van der Waals surface area (Å²) < 4.78 is 1.13. The SMILES string of the molecule is O=C(O)CCCN1C(=O)/C(=C/c2ccc(Cl)s2)SC1=S. The molecule has 1 aromatic rings. The van der Waals surface area contributed by atoms with E-state index in [4.69, 9.17) is 28.9 Å². The van der Waals surface area contributed by atoms with Crippen molar-refractivity contribution >= 4 is 69.2 Å². The molecule has 0 spiro atoms. The number of thiocarbonyl (C=S) groups is 1. The molecule has 0 radical (unpaired) electrons. The number of carbonyl (C=O) groups excluding carboxylic acids is 1. The number of nitrogens with zero attached hydrogens (tertiary/aromatic N) is 1. The highest BCUT2D eigenvalue weighted by Gasteiger charge is 2.31. The van der Waals surface area contributed by atoms with Crippen LogP contribution in [0.15, 0.2) is 17.0 Å². The summed E-state index contributed by atoms with van der Waals surface area (Å²) in [6, 6.07) is 3.61. The molecule has 1 amide bonds. The largest absolute Gasteiger partial charge is 0.481 e. The van der Waals surface area contributed by atoms with E-state index in [9.17, 15) is 9.59 Å². The summed E-state index contributed by atoms with van der Waals surface area (Å²) in [5, 5.41) is 8.60. The van der Waals surface area contributed by atoms with Gasteiger partial charge in [-0.25, -0.2) is 0 Å². The van der Waals surface area contributed by atoms with Crippen LogP contribution in [0.1, 0.15) is 17.7 Å². The lowest BCUT2D eigenvalue weighted by Crippen LogP contribution is -2.29. The van der Waals surface area contributed by atoms with Crippen molar-refractivity contribution in [1.82, 2.24) is 4.90 Å². The van der Waals surface area contributed by atoms with Crippen LogP contribution in [-0.2, 0) is 9.59 Å². The Bertz CT molecular complexity index is 597. The topological polar surface area (TPSA) is 57.6 Å². The molecule has 8 heteroatoms. The number of amides is 1. The summed E-state index contributed by atoms with van der Waals surface area (Å²) in [4.78, 5) is 25.5. The molecule has 1 aliphatic heterocycles. The smallest absolute Gasteiger partial charge is 0.303 e. The Balaban J connectivity index is 2.04. The molecule has 0 atom stereocenters. The van der Waals surface area contributed by atoms with Crippen LogP contribution < -0.4 is 0 Å². The van der Waals surface area contributed by atoms with E-state index in [1.54, 1.807) is 12.1 Å². The maximum Gasteiger partial charge on any atom is 0.303 e. The molecule has 2 rings (SSSR count). The summed E-state index contributed by atoms with van der Waals surface area (Å²) in [6.45, 7) is 0.333. The normalized spacial score (nSPS) is 17.2. The van der Waals surface area contributed by atoms with Crippen molar-refractivity contribution in [3.8, 4) is 0 Å². The summed E-state index contributed by atoms with van der Waals surface area (Å²) in [6.07, 6.45) is 2.17. The van der Waals surface area contributed by atoms with Crippen molar-refractivity contribution in [3.05, 3.63) is 26.3 Å². The second kappa shape index (κ2) is 6.71. The minimum absolute atomic E-state index is 0.0244. The van der Waals surface area contributed by atoms with Gasteiger partial charge < -0.3 is 5.11 Å². The Labute approximate surface area is 134 Å². The number of halogens is 1. The van der Waals surface area contributed by atoms with Crippen LogP contribution in [0.5, 0.6) is 0 Å². The molecule has 1 N–H and O–H groups in total. The highest BCUT2D eigenvalue weighted by atomic mass is 35.5. The van der Waals surface area contributed by atoms with Gasteiger partial charge in [-0.05, 0) is 24.6 Å². The van der Waals surface area contributed by atoms with Gasteiger partial charge in [0.1, 0.15) is 4.32 Å². The van der Waals surface area contributed by atoms with Gasteiger partial charge in [0, 0.05) is 17.8 Å². The fraction of sp³-hybridized carbons (Fsp3) is 0.250. The van der Waals surface area contributed by atoms with Crippen LogP contribution in [-0.4, -0.2) is 32.7 Å². The molecule has 1 aromatic heterocycles. The third-order valence-corrected chi connectivity index (χ3v) is 5.07. The van der Waals surface area contributed by atoms with Gasteiger partial charge >= 0.3 is 5.97 Å². The standard InChI is InChI=1S/C12H10ClNO3S3/c13-9-4-3-7(19-9)6-8-11(17)14(12(18)20-8)5-1-2-10(15)16/h3-4,6H,1-2,5H2,(H,15,16)/b8-6-. The fourth-order valence-electron chi connectivity index (χ4n) is 1.62. The molecule has 0 aliphatic carbocycles. The molecule has 106 valence electrons. The molecule has 4 nitrogen and oxygen atoms in total. The highest BCUT2D eigenvalue weighted by Crippen LogP contribution is 2.34. The molecule has 20 heavy (non-hydrogen) atoms. The Morgan fingerprint density at radius 1 is 1.50 bits per heavy atom. The van der Waals surface area contributed by atoms with Crippen molar-refractivity contribution in [3.63, 3.8) is 0 Å². The minimum atomic E-state index is -0.876. The summed E-state index contributed by atoms with van der Waals surface area (Å²) >= 11 is 13.6. The monoisotopic (exact) mass is 347 g/mol. The van der Waals surface area contributed by atoms with Crippen molar-refractivity contribution in [2.45, 2.75) is 12.8 Å². The first kappa shape index (κ1) is 15.5. The van der Waals surface area contributed by atoms with Crippen LogP contribution >= 0.6 is 46.9 Å². The molecular weight excluding hydrogens is 338 g/mol. The zero-order valence-electron chi connectivity index (χ0n) is 10.2. The van der Waals surface area contributed by atoms with E-state index >= 15 is 0 Å². The second-order valence-corrected chi connectivity index (χ2v) is 7.39. The third kappa shape index (κ3) is 3.82. The average Bonchev–Trinajstić information content (AvgIpc) is 2.88. The van der Waals surface area contributed by atoms with Gasteiger partial charge in [-0.3, -0.25) is 14.5 Å². The summed E-state index contributed by atoms with van der Waals surface area (Å²) in [5.74, 6) is -1.05. The lowest BCUT2D eigenvalue weighted by molar-refractivity contribution is -0.137. The van der Waals surface area contributed by atoms with Crippen molar-refractivity contribution < 1.29 is 14.7 Å². The molecule has 0 saturated carbocycles. The number of carbonyl (C=O) groups is 2. The molecule has 2 heterocycles. The quantitative estimate of drug-likeness (QED) is 0.653. The Kier molecular flexibility index (Phi) is 5.20. The van der Waals surface area contributed by atoms with Gasteiger partial charge in [-0.2, -0.15) is 0 Å². The number of hydrogen-bond donors (Lipinski definition) is 1. The minimum Gasteiger partial charge on any atom is -0.481 e. The van der Waals surface area contributed by atoms with E-state index in [0.29, 0.717) is 26.5 Å². The number of hydrogen-bond acceptors (Lipinski definition) is 5. The Morgan fingerprint density at radius 3 is 2.85 bits per heavy atom.